The van der Waals surface area contributed by atoms with E-state index in [1.807, 2.05) is 6.92 Å². The first-order valence-electron chi connectivity index (χ1n) is 6.16. The molecule has 1 aliphatic heterocycles. The minimum Gasteiger partial charge on any atom is -0.489 e. The van der Waals surface area contributed by atoms with Crippen LogP contribution in [0.2, 0.25) is 5.02 Å². The van der Waals surface area contributed by atoms with Crippen molar-refractivity contribution in [1.82, 2.24) is 0 Å². The van der Waals surface area contributed by atoms with Gasteiger partial charge in [0.1, 0.15) is 0 Å². The summed E-state index contributed by atoms with van der Waals surface area (Å²) >= 11 is 6.15. The number of hydrogen-bond acceptors (Lipinski definition) is 4. The van der Waals surface area contributed by atoms with E-state index in [1.165, 1.54) is 0 Å². The molecule has 1 aliphatic rings. The van der Waals surface area contributed by atoms with Crippen molar-refractivity contribution in [2.75, 3.05) is 13.2 Å². The molecule has 1 aromatic rings. The van der Waals surface area contributed by atoms with Gasteiger partial charge in [0.25, 0.3) is 0 Å². The van der Waals surface area contributed by atoms with Gasteiger partial charge < -0.3 is 20.3 Å². The summed E-state index contributed by atoms with van der Waals surface area (Å²) < 4.78 is 11.1. The van der Waals surface area contributed by atoms with Crippen LogP contribution in [0.3, 0.4) is 0 Å². The van der Waals surface area contributed by atoms with Crippen LogP contribution in [0.1, 0.15) is 31.4 Å². The van der Waals surface area contributed by atoms with Gasteiger partial charge in [-0.2, -0.15) is 0 Å². The number of aliphatic hydroxyl groups excluding tert-OH is 1. The van der Waals surface area contributed by atoms with Crippen molar-refractivity contribution >= 4 is 11.6 Å². The van der Waals surface area contributed by atoms with Crippen molar-refractivity contribution in [3.8, 4) is 11.5 Å². The number of aliphatic hydroxyl groups is 1. The summed E-state index contributed by atoms with van der Waals surface area (Å²) in [5, 5.41) is 10.6. The first kappa shape index (κ1) is 13.5. The van der Waals surface area contributed by atoms with Gasteiger partial charge in [0.2, 0.25) is 0 Å². The molecule has 0 aromatic heterocycles. The molecule has 0 aliphatic carbocycles. The highest BCUT2D eigenvalue weighted by atomic mass is 35.5. The Morgan fingerprint density at radius 1 is 1.39 bits per heavy atom. The van der Waals surface area contributed by atoms with Crippen LogP contribution in [0.5, 0.6) is 11.5 Å². The van der Waals surface area contributed by atoms with Crippen molar-refractivity contribution in [3.05, 3.63) is 22.7 Å². The van der Waals surface area contributed by atoms with Crippen LogP contribution >= 0.6 is 11.6 Å². The summed E-state index contributed by atoms with van der Waals surface area (Å²) in [4.78, 5) is 0. The Balaban J connectivity index is 2.34. The van der Waals surface area contributed by atoms with Gasteiger partial charge in [-0.25, -0.2) is 0 Å². The van der Waals surface area contributed by atoms with Crippen LogP contribution in [0.25, 0.3) is 0 Å². The Labute approximate surface area is 112 Å². The fourth-order valence-corrected chi connectivity index (χ4v) is 2.17. The standard InChI is InChI=1S/C13H18ClNO3/c1-2-10(15)12(16)8-6-9(14)13-11(7-8)17-4-3-5-18-13/h6-7,10,12,16H,2-5,15H2,1H3. The average molecular weight is 272 g/mol. The molecule has 0 spiro atoms. The number of nitrogens with two attached hydrogens (primary N) is 1. The van der Waals surface area contributed by atoms with Gasteiger partial charge in [0.15, 0.2) is 11.5 Å². The number of rotatable bonds is 3. The predicted molar refractivity (Wildman–Crippen MR) is 70.3 cm³/mol. The molecule has 1 aromatic carbocycles. The molecular weight excluding hydrogens is 254 g/mol. The summed E-state index contributed by atoms with van der Waals surface area (Å²) in [6.45, 7) is 3.10. The highest BCUT2D eigenvalue weighted by Crippen LogP contribution is 2.39. The minimum absolute atomic E-state index is 0.314. The van der Waals surface area contributed by atoms with Gasteiger partial charge in [-0.1, -0.05) is 18.5 Å². The molecule has 2 unspecified atom stereocenters. The monoisotopic (exact) mass is 271 g/mol. The lowest BCUT2D eigenvalue weighted by Crippen LogP contribution is -2.27. The highest BCUT2D eigenvalue weighted by Gasteiger charge is 2.21. The molecule has 18 heavy (non-hydrogen) atoms. The molecule has 5 heteroatoms. The summed E-state index contributed by atoms with van der Waals surface area (Å²) in [6, 6.07) is 3.13. The van der Waals surface area contributed by atoms with Crippen molar-refractivity contribution < 1.29 is 14.6 Å². The second kappa shape index (κ2) is 5.78. The Morgan fingerprint density at radius 2 is 2.11 bits per heavy atom. The molecule has 1 heterocycles. The minimum atomic E-state index is -0.746. The molecular formula is C13H18ClNO3. The second-order valence-corrected chi connectivity index (χ2v) is 4.80. The van der Waals surface area contributed by atoms with Crippen LogP contribution in [-0.2, 0) is 0 Å². The first-order valence-corrected chi connectivity index (χ1v) is 6.54. The Bertz CT molecular complexity index is 425. The lowest BCUT2D eigenvalue weighted by molar-refractivity contribution is 0.144. The lowest BCUT2D eigenvalue weighted by Gasteiger charge is -2.19. The third-order valence-corrected chi connectivity index (χ3v) is 3.32. The smallest absolute Gasteiger partial charge is 0.179 e. The van der Waals surface area contributed by atoms with Crippen LogP contribution < -0.4 is 15.2 Å². The maximum absolute atomic E-state index is 10.1. The average Bonchev–Trinajstić information content (AvgIpc) is 2.62. The quantitative estimate of drug-likeness (QED) is 0.885. The Hall–Kier alpha value is -0.970. The van der Waals surface area contributed by atoms with Gasteiger partial charge in [-0.15, -0.1) is 0 Å². The maximum atomic E-state index is 10.1. The SMILES string of the molecule is CCC(N)C(O)c1cc(Cl)c2c(c1)OCCCO2. The molecule has 0 radical (unpaired) electrons. The van der Waals surface area contributed by atoms with Crippen LogP contribution in [0.15, 0.2) is 12.1 Å². The fraction of sp³-hybridized carbons (Fsp3) is 0.538. The van der Waals surface area contributed by atoms with Gasteiger partial charge >= 0.3 is 0 Å². The number of halogens is 1. The Kier molecular flexibility index (Phi) is 4.32. The number of ether oxygens (including phenoxy) is 2. The Morgan fingerprint density at radius 3 is 2.83 bits per heavy atom. The van der Waals surface area contributed by atoms with Crippen molar-refractivity contribution in [1.29, 1.82) is 0 Å². The highest BCUT2D eigenvalue weighted by molar-refractivity contribution is 6.32. The third-order valence-electron chi connectivity index (χ3n) is 3.04. The van der Waals surface area contributed by atoms with Crippen LogP contribution in [0.4, 0.5) is 0 Å². The lowest BCUT2D eigenvalue weighted by atomic mass is 10.0. The molecule has 0 bridgehead atoms. The molecule has 0 saturated carbocycles. The van der Waals surface area contributed by atoms with Crippen LogP contribution in [-0.4, -0.2) is 24.4 Å². The van der Waals surface area contributed by atoms with E-state index < -0.39 is 6.10 Å². The van der Waals surface area contributed by atoms with Gasteiger partial charge in [0.05, 0.1) is 24.3 Å². The summed E-state index contributed by atoms with van der Waals surface area (Å²) in [6.07, 6.45) is 0.759. The number of hydrogen-bond donors (Lipinski definition) is 2. The molecule has 0 fully saturated rings. The van der Waals surface area contributed by atoms with Gasteiger partial charge in [0, 0.05) is 12.5 Å². The predicted octanol–water partition coefficient (Wildman–Crippen LogP) is 2.27. The van der Waals surface area contributed by atoms with E-state index in [2.05, 4.69) is 0 Å². The van der Waals surface area contributed by atoms with Crippen molar-refractivity contribution in [3.63, 3.8) is 0 Å². The largest absolute Gasteiger partial charge is 0.489 e. The molecule has 4 nitrogen and oxygen atoms in total. The molecule has 2 rings (SSSR count). The van der Waals surface area contributed by atoms with E-state index in [4.69, 9.17) is 26.8 Å². The van der Waals surface area contributed by atoms with Gasteiger partial charge in [-0.05, 0) is 24.1 Å². The second-order valence-electron chi connectivity index (χ2n) is 4.40. The fourth-order valence-electron chi connectivity index (χ4n) is 1.89. The van der Waals surface area contributed by atoms with E-state index in [0.717, 1.165) is 6.42 Å². The van der Waals surface area contributed by atoms with E-state index >= 15 is 0 Å². The number of benzene rings is 1. The molecule has 2 atom stereocenters. The van der Waals surface area contributed by atoms with Crippen molar-refractivity contribution in [2.45, 2.75) is 31.9 Å². The zero-order valence-electron chi connectivity index (χ0n) is 10.4. The first-order chi connectivity index (χ1) is 8.63. The zero-order valence-corrected chi connectivity index (χ0v) is 11.1. The molecule has 3 N–H and O–H groups in total. The van der Waals surface area contributed by atoms with Crippen LogP contribution in [0, 0.1) is 0 Å². The topological polar surface area (TPSA) is 64.7 Å². The van der Waals surface area contributed by atoms with E-state index in [-0.39, 0.29) is 6.04 Å². The van der Waals surface area contributed by atoms with Gasteiger partial charge in [-0.3, -0.25) is 0 Å². The zero-order chi connectivity index (χ0) is 13.1. The molecule has 0 saturated heterocycles. The molecule has 0 amide bonds. The molecule has 100 valence electrons. The maximum Gasteiger partial charge on any atom is 0.179 e. The summed E-state index contributed by atoms with van der Waals surface area (Å²) in [7, 11) is 0. The summed E-state index contributed by atoms with van der Waals surface area (Å²) in [5.41, 5.74) is 6.51. The summed E-state index contributed by atoms with van der Waals surface area (Å²) in [5.74, 6) is 1.13. The number of fused-ring (bicyclic) bond motifs is 1. The van der Waals surface area contributed by atoms with Crippen molar-refractivity contribution in [2.24, 2.45) is 5.73 Å². The normalized spacial score (nSPS) is 18.0. The van der Waals surface area contributed by atoms with E-state index in [0.29, 0.717) is 41.7 Å². The van der Waals surface area contributed by atoms with E-state index in [9.17, 15) is 5.11 Å². The van der Waals surface area contributed by atoms with E-state index in [1.54, 1.807) is 12.1 Å². The third kappa shape index (κ3) is 2.71.